The Kier molecular flexibility index (Phi) is 5.06. The van der Waals surface area contributed by atoms with Gasteiger partial charge in [0.1, 0.15) is 5.75 Å². The van der Waals surface area contributed by atoms with Crippen LogP contribution in [0.2, 0.25) is 10.0 Å². The minimum Gasteiger partial charge on any atom is -0.484 e. The first kappa shape index (κ1) is 15.6. The first-order valence-electron chi connectivity index (χ1n) is 5.64. The van der Waals surface area contributed by atoms with Crippen LogP contribution < -0.4 is 10.1 Å². The Morgan fingerprint density at radius 3 is 2.48 bits per heavy atom. The maximum atomic E-state index is 11.7. The monoisotopic (exact) mass is 345 g/mol. The van der Waals surface area contributed by atoms with Crippen molar-refractivity contribution in [2.24, 2.45) is 0 Å². The van der Waals surface area contributed by atoms with Gasteiger partial charge in [-0.3, -0.25) is 4.79 Å². The third kappa shape index (κ3) is 4.35. The minimum atomic E-state index is -1.10. The molecule has 0 saturated carbocycles. The van der Waals surface area contributed by atoms with Crippen LogP contribution in [0.15, 0.2) is 29.0 Å². The minimum absolute atomic E-state index is 0.0409. The van der Waals surface area contributed by atoms with Gasteiger partial charge in [-0.1, -0.05) is 23.2 Å². The summed E-state index contributed by atoms with van der Waals surface area (Å²) in [6, 6.07) is 4.59. The molecule has 21 heavy (non-hydrogen) atoms. The molecule has 0 saturated heterocycles. The maximum Gasteiger partial charge on any atom is 0.338 e. The fraction of sp³-hybridized carbons (Fsp3) is 0.0769. The molecule has 110 valence electrons. The number of carbonyl (C=O) groups is 2. The Hall–Kier alpha value is -1.76. The lowest BCUT2D eigenvalue weighted by Gasteiger charge is -2.08. The number of carboxylic acid groups (broad SMARTS) is 1. The lowest BCUT2D eigenvalue weighted by atomic mass is 10.3. The zero-order valence-electron chi connectivity index (χ0n) is 10.4. The molecule has 1 amide bonds. The Labute approximate surface area is 134 Å². The molecule has 8 heteroatoms. The van der Waals surface area contributed by atoms with Crippen LogP contribution in [-0.4, -0.2) is 23.6 Å². The highest BCUT2D eigenvalue weighted by atomic mass is 35.5. The number of aromatic carboxylic acids is 1. The molecule has 0 fully saturated rings. The summed E-state index contributed by atoms with van der Waals surface area (Å²) < 4.78 is 5.25. The molecule has 0 unspecified atom stereocenters. The van der Waals surface area contributed by atoms with Gasteiger partial charge in [-0.2, -0.15) is 0 Å². The molecule has 2 N–H and O–H groups in total. The fourth-order valence-corrected chi connectivity index (χ4v) is 2.77. The summed E-state index contributed by atoms with van der Waals surface area (Å²) in [5, 5.41) is 15.2. The van der Waals surface area contributed by atoms with Crippen LogP contribution >= 0.6 is 34.5 Å². The van der Waals surface area contributed by atoms with Gasteiger partial charge in [0.05, 0.1) is 11.3 Å². The summed E-state index contributed by atoms with van der Waals surface area (Å²) in [6.07, 6.45) is 0. The molecule has 0 atom stereocenters. The summed E-state index contributed by atoms with van der Waals surface area (Å²) in [6.45, 7) is -0.286. The molecule has 1 heterocycles. The topological polar surface area (TPSA) is 75.6 Å². The van der Waals surface area contributed by atoms with Gasteiger partial charge in [-0.15, -0.1) is 11.3 Å². The molecule has 5 nitrogen and oxygen atoms in total. The smallest absolute Gasteiger partial charge is 0.338 e. The number of hydrogen-bond donors (Lipinski definition) is 2. The van der Waals surface area contributed by atoms with Crippen LogP contribution in [-0.2, 0) is 4.79 Å². The molecule has 0 spiro atoms. The summed E-state index contributed by atoms with van der Waals surface area (Å²) >= 11 is 12.8. The first-order valence-corrected chi connectivity index (χ1v) is 7.34. The predicted octanol–water partition coefficient (Wildman–Crippen LogP) is 3.77. The maximum absolute atomic E-state index is 11.7. The fourth-order valence-electron chi connectivity index (χ4n) is 1.51. The van der Waals surface area contributed by atoms with E-state index < -0.39 is 11.9 Å². The van der Waals surface area contributed by atoms with Crippen molar-refractivity contribution in [3.63, 3.8) is 0 Å². The van der Waals surface area contributed by atoms with E-state index in [-0.39, 0.29) is 17.9 Å². The van der Waals surface area contributed by atoms with Crippen LogP contribution in [0.25, 0.3) is 0 Å². The predicted molar refractivity (Wildman–Crippen MR) is 81.9 cm³/mol. The van der Waals surface area contributed by atoms with Crippen LogP contribution in [0.5, 0.6) is 5.75 Å². The van der Waals surface area contributed by atoms with Crippen molar-refractivity contribution in [1.29, 1.82) is 0 Å². The summed E-state index contributed by atoms with van der Waals surface area (Å²) in [7, 11) is 0. The molecule has 1 aromatic carbocycles. The van der Waals surface area contributed by atoms with Gasteiger partial charge in [-0.05, 0) is 18.2 Å². The van der Waals surface area contributed by atoms with Gasteiger partial charge in [0, 0.05) is 20.8 Å². The number of nitrogens with one attached hydrogen (secondary N) is 1. The van der Waals surface area contributed by atoms with Crippen molar-refractivity contribution in [2.45, 2.75) is 0 Å². The zero-order valence-corrected chi connectivity index (χ0v) is 12.8. The van der Waals surface area contributed by atoms with Crippen molar-refractivity contribution in [3.8, 4) is 5.75 Å². The number of carbonyl (C=O) groups excluding carboxylic acids is 1. The number of carboxylic acids is 1. The quantitative estimate of drug-likeness (QED) is 0.864. The van der Waals surface area contributed by atoms with Crippen LogP contribution in [0.4, 0.5) is 5.69 Å². The summed E-state index contributed by atoms with van der Waals surface area (Å²) in [5.74, 6) is -1.23. The van der Waals surface area contributed by atoms with Gasteiger partial charge >= 0.3 is 5.97 Å². The zero-order chi connectivity index (χ0) is 15.4. The Morgan fingerprint density at radius 1 is 1.19 bits per heavy atom. The average Bonchev–Trinajstić information content (AvgIpc) is 2.83. The van der Waals surface area contributed by atoms with Crippen LogP contribution in [0.1, 0.15) is 10.4 Å². The molecule has 0 aliphatic rings. The first-order chi connectivity index (χ1) is 9.95. The van der Waals surface area contributed by atoms with Gasteiger partial charge in [0.15, 0.2) is 6.61 Å². The van der Waals surface area contributed by atoms with Crippen molar-refractivity contribution in [3.05, 3.63) is 44.6 Å². The number of benzene rings is 1. The van der Waals surface area contributed by atoms with Gasteiger partial charge in [0.25, 0.3) is 5.91 Å². The van der Waals surface area contributed by atoms with E-state index in [4.69, 9.17) is 33.0 Å². The van der Waals surface area contributed by atoms with E-state index >= 15 is 0 Å². The molecule has 0 bridgehead atoms. The number of amides is 1. The van der Waals surface area contributed by atoms with Gasteiger partial charge in [-0.25, -0.2) is 4.79 Å². The number of thiophene rings is 1. The van der Waals surface area contributed by atoms with E-state index in [1.807, 2.05) is 0 Å². The third-order valence-corrected chi connectivity index (χ3v) is 3.55. The highest BCUT2D eigenvalue weighted by molar-refractivity contribution is 7.08. The molecular formula is C13H9Cl2NO4S. The van der Waals surface area contributed by atoms with Crippen molar-refractivity contribution >= 4 is 52.1 Å². The third-order valence-electron chi connectivity index (χ3n) is 2.37. The normalized spacial score (nSPS) is 10.2. The summed E-state index contributed by atoms with van der Waals surface area (Å²) in [4.78, 5) is 22.7. The van der Waals surface area contributed by atoms with Crippen LogP contribution in [0, 0.1) is 0 Å². The molecular weight excluding hydrogens is 337 g/mol. The molecule has 0 aliphatic heterocycles. The molecule has 0 radical (unpaired) electrons. The number of hydrogen-bond acceptors (Lipinski definition) is 4. The second-order valence-electron chi connectivity index (χ2n) is 3.95. The van der Waals surface area contributed by atoms with E-state index in [9.17, 15) is 9.59 Å². The number of anilines is 1. The standard InChI is InChI=1S/C13H9Cl2NO4S/c14-7-1-8(15)3-9(2-7)20-4-12(17)16-11-6-21-5-10(11)13(18)19/h1-3,5-6H,4H2,(H,16,17)(H,18,19). The Morgan fingerprint density at radius 2 is 1.86 bits per heavy atom. The summed E-state index contributed by atoms with van der Waals surface area (Å²) in [5.41, 5.74) is 0.282. The lowest BCUT2D eigenvalue weighted by Crippen LogP contribution is -2.21. The van der Waals surface area contributed by atoms with E-state index in [2.05, 4.69) is 5.32 Å². The number of ether oxygens (including phenoxy) is 1. The second-order valence-corrected chi connectivity index (χ2v) is 5.56. The van der Waals surface area contributed by atoms with Gasteiger partial charge in [0.2, 0.25) is 0 Å². The number of rotatable bonds is 5. The van der Waals surface area contributed by atoms with Crippen LogP contribution in [0.3, 0.4) is 0 Å². The van der Waals surface area contributed by atoms with E-state index in [1.54, 1.807) is 6.07 Å². The Bertz CT molecular complexity index is 666. The van der Waals surface area contributed by atoms with E-state index in [1.165, 1.54) is 34.2 Å². The highest BCUT2D eigenvalue weighted by Crippen LogP contribution is 2.24. The van der Waals surface area contributed by atoms with Crippen molar-refractivity contribution in [1.82, 2.24) is 0 Å². The molecule has 2 aromatic rings. The van der Waals surface area contributed by atoms with Crippen molar-refractivity contribution in [2.75, 3.05) is 11.9 Å². The largest absolute Gasteiger partial charge is 0.484 e. The molecule has 2 rings (SSSR count). The average molecular weight is 346 g/mol. The molecule has 0 aliphatic carbocycles. The van der Waals surface area contributed by atoms with E-state index in [0.29, 0.717) is 15.8 Å². The number of halogens is 2. The van der Waals surface area contributed by atoms with Crippen molar-refractivity contribution < 1.29 is 19.4 Å². The van der Waals surface area contributed by atoms with Gasteiger partial charge < -0.3 is 15.2 Å². The Balaban J connectivity index is 1.96. The SMILES string of the molecule is O=C(COc1cc(Cl)cc(Cl)c1)Nc1cscc1C(=O)O. The van der Waals surface area contributed by atoms with E-state index in [0.717, 1.165) is 0 Å². The lowest BCUT2D eigenvalue weighted by molar-refractivity contribution is -0.118. The second kappa shape index (κ2) is 6.80. The molecule has 1 aromatic heterocycles. The highest BCUT2D eigenvalue weighted by Gasteiger charge is 2.13.